The highest BCUT2D eigenvalue weighted by Crippen LogP contribution is 1.83. The highest BCUT2D eigenvalue weighted by molar-refractivity contribution is 5.81. The van der Waals surface area contributed by atoms with Crippen LogP contribution in [-0.2, 0) is 4.74 Å². The van der Waals surface area contributed by atoms with Crippen molar-refractivity contribution in [1.82, 2.24) is 0 Å². The van der Waals surface area contributed by atoms with E-state index in [-0.39, 0.29) is 0 Å². The van der Waals surface area contributed by atoms with Gasteiger partial charge in [-0.3, -0.25) is 0 Å². The molecule has 0 aliphatic heterocycles. The number of nitrogens with zero attached hydrogens (tertiary/aromatic N) is 1. The lowest BCUT2D eigenvalue weighted by atomic mass is 10.3. The maximum Gasteiger partial charge on any atom is 0.0562 e. The number of oxime groups is 1. The molecule has 0 atom stereocenters. The Balaban J connectivity index is 3.12. The van der Waals surface area contributed by atoms with Gasteiger partial charge in [-0.05, 0) is 6.92 Å². The van der Waals surface area contributed by atoms with Crippen molar-refractivity contribution in [2.45, 2.75) is 13.3 Å². The van der Waals surface area contributed by atoms with Gasteiger partial charge in [0.2, 0.25) is 0 Å². The van der Waals surface area contributed by atoms with Crippen LogP contribution in [0.4, 0.5) is 0 Å². The van der Waals surface area contributed by atoms with Gasteiger partial charge in [-0.1, -0.05) is 5.16 Å². The third kappa shape index (κ3) is 3.61. The molecule has 0 bridgehead atoms. The summed E-state index contributed by atoms with van der Waals surface area (Å²) in [5.74, 6) is 0. The average molecular weight is 117 g/mol. The maximum absolute atomic E-state index is 8.09. The molecule has 0 spiro atoms. The molecule has 0 aliphatic rings. The normalized spacial score (nSPS) is 12.0. The molecule has 0 aliphatic carbocycles. The summed E-state index contributed by atoms with van der Waals surface area (Å²) in [5.41, 5.74) is 0.701. The molecule has 3 heteroatoms. The zero-order valence-electron chi connectivity index (χ0n) is 5.22. The smallest absolute Gasteiger partial charge is 0.0562 e. The van der Waals surface area contributed by atoms with E-state index in [4.69, 9.17) is 9.94 Å². The van der Waals surface area contributed by atoms with Crippen LogP contribution < -0.4 is 0 Å². The first-order chi connectivity index (χ1) is 3.81. The van der Waals surface area contributed by atoms with Crippen LogP contribution in [0, 0.1) is 0 Å². The second kappa shape index (κ2) is 4.59. The summed E-state index contributed by atoms with van der Waals surface area (Å²) in [7, 11) is 1.62. The van der Waals surface area contributed by atoms with E-state index in [1.165, 1.54) is 0 Å². The Kier molecular flexibility index (Phi) is 4.26. The molecule has 0 aromatic heterocycles. The van der Waals surface area contributed by atoms with E-state index < -0.39 is 0 Å². The Morgan fingerprint density at radius 2 is 2.38 bits per heavy atom. The van der Waals surface area contributed by atoms with E-state index in [1.807, 2.05) is 0 Å². The maximum atomic E-state index is 8.09. The van der Waals surface area contributed by atoms with E-state index in [2.05, 4.69) is 5.16 Å². The fourth-order valence-electron chi connectivity index (χ4n) is 0.300. The second-order valence-electron chi connectivity index (χ2n) is 1.58. The third-order valence-corrected chi connectivity index (χ3v) is 0.839. The van der Waals surface area contributed by atoms with Crippen LogP contribution in [0.5, 0.6) is 0 Å². The Morgan fingerprint density at radius 1 is 1.75 bits per heavy atom. The largest absolute Gasteiger partial charge is 0.411 e. The summed E-state index contributed by atoms with van der Waals surface area (Å²) < 4.78 is 4.72. The number of methoxy groups -OCH3 is 1. The number of ether oxygens (including phenoxy) is 1. The molecule has 0 aromatic carbocycles. The quantitative estimate of drug-likeness (QED) is 0.338. The lowest BCUT2D eigenvalue weighted by molar-refractivity contribution is 0.206. The van der Waals surface area contributed by atoms with Crippen LogP contribution >= 0.6 is 0 Å². The third-order valence-electron chi connectivity index (χ3n) is 0.839. The molecule has 3 nitrogen and oxygen atoms in total. The van der Waals surface area contributed by atoms with Gasteiger partial charge in [-0.2, -0.15) is 0 Å². The van der Waals surface area contributed by atoms with Gasteiger partial charge in [-0.15, -0.1) is 0 Å². The zero-order valence-corrected chi connectivity index (χ0v) is 5.22. The van der Waals surface area contributed by atoms with Gasteiger partial charge in [-0.25, -0.2) is 0 Å². The van der Waals surface area contributed by atoms with Gasteiger partial charge in [0.1, 0.15) is 0 Å². The Bertz CT molecular complexity index is 80.5. The van der Waals surface area contributed by atoms with Gasteiger partial charge < -0.3 is 9.94 Å². The first-order valence-electron chi connectivity index (χ1n) is 2.47. The van der Waals surface area contributed by atoms with E-state index in [1.54, 1.807) is 14.0 Å². The van der Waals surface area contributed by atoms with Crippen molar-refractivity contribution in [3.63, 3.8) is 0 Å². The van der Waals surface area contributed by atoms with Crippen molar-refractivity contribution in [3.05, 3.63) is 0 Å². The van der Waals surface area contributed by atoms with Crippen LogP contribution in [0.25, 0.3) is 0 Å². The van der Waals surface area contributed by atoms with Crippen LogP contribution in [0.15, 0.2) is 5.16 Å². The lowest BCUT2D eigenvalue weighted by Crippen LogP contribution is -1.97. The van der Waals surface area contributed by atoms with Gasteiger partial charge in [0, 0.05) is 13.5 Å². The fourth-order valence-corrected chi connectivity index (χ4v) is 0.300. The first kappa shape index (κ1) is 7.43. The number of rotatable bonds is 3. The monoisotopic (exact) mass is 117 g/mol. The minimum Gasteiger partial charge on any atom is -0.411 e. The van der Waals surface area contributed by atoms with Crippen LogP contribution in [-0.4, -0.2) is 24.6 Å². The van der Waals surface area contributed by atoms with Crippen LogP contribution in [0.3, 0.4) is 0 Å². The van der Waals surface area contributed by atoms with Gasteiger partial charge in [0.15, 0.2) is 0 Å². The molecule has 48 valence electrons. The summed E-state index contributed by atoms with van der Waals surface area (Å²) in [4.78, 5) is 0. The van der Waals surface area contributed by atoms with Crippen molar-refractivity contribution in [3.8, 4) is 0 Å². The summed E-state index contributed by atoms with van der Waals surface area (Å²) in [5, 5.41) is 11.1. The molecule has 0 heterocycles. The predicted octanol–water partition coefficient (Wildman–Crippen LogP) is 0.873. The minimum atomic E-state index is 0.621. The van der Waals surface area contributed by atoms with E-state index in [9.17, 15) is 0 Å². The van der Waals surface area contributed by atoms with Gasteiger partial charge >= 0.3 is 0 Å². The van der Waals surface area contributed by atoms with Crippen LogP contribution in [0.2, 0.25) is 0 Å². The molecule has 0 amide bonds. The lowest BCUT2D eigenvalue weighted by Gasteiger charge is -1.93. The second-order valence-corrected chi connectivity index (χ2v) is 1.58. The topological polar surface area (TPSA) is 41.8 Å². The minimum absolute atomic E-state index is 0.621. The van der Waals surface area contributed by atoms with Crippen LogP contribution in [0.1, 0.15) is 13.3 Å². The fraction of sp³-hybridized carbons (Fsp3) is 0.800. The van der Waals surface area contributed by atoms with Crippen molar-refractivity contribution in [1.29, 1.82) is 0 Å². The molecular formula is C5H11NO2. The summed E-state index contributed by atoms with van der Waals surface area (Å²) >= 11 is 0. The number of hydrogen-bond donors (Lipinski definition) is 1. The highest BCUT2D eigenvalue weighted by atomic mass is 16.5. The molecule has 8 heavy (non-hydrogen) atoms. The molecule has 0 rings (SSSR count). The zero-order chi connectivity index (χ0) is 6.41. The first-order valence-corrected chi connectivity index (χ1v) is 2.47. The van der Waals surface area contributed by atoms with E-state index >= 15 is 0 Å². The Labute approximate surface area is 49.0 Å². The standard InChI is InChI=1S/C5H11NO2/c1-5(6-7)3-4-8-2/h7H,3-4H2,1-2H3/b6-5+. The molecule has 0 radical (unpaired) electrons. The molecule has 0 saturated carbocycles. The van der Waals surface area contributed by atoms with Gasteiger partial charge in [0.25, 0.3) is 0 Å². The van der Waals surface area contributed by atoms with Crippen molar-refractivity contribution < 1.29 is 9.94 Å². The van der Waals surface area contributed by atoms with Gasteiger partial charge in [0.05, 0.1) is 12.3 Å². The SMILES string of the molecule is COCC/C(C)=N/O. The molecule has 0 unspecified atom stereocenters. The summed E-state index contributed by atoms with van der Waals surface area (Å²) in [6.07, 6.45) is 0.701. The molecule has 0 fully saturated rings. The van der Waals surface area contributed by atoms with E-state index in [0.717, 1.165) is 0 Å². The Hall–Kier alpha value is -0.570. The average Bonchev–Trinajstić information content (AvgIpc) is 1.83. The molecular weight excluding hydrogens is 106 g/mol. The highest BCUT2D eigenvalue weighted by Gasteiger charge is 1.87. The Morgan fingerprint density at radius 3 is 2.75 bits per heavy atom. The van der Waals surface area contributed by atoms with E-state index in [0.29, 0.717) is 18.7 Å². The number of hydrogen-bond acceptors (Lipinski definition) is 3. The van der Waals surface area contributed by atoms with Crippen molar-refractivity contribution >= 4 is 5.71 Å². The van der Waals surface area contributed by atoms with Crippen molar-refractivity contribution in [2.24, 2.45) is 5.16 Å². The molecule has 0 saturated heterocycles. The summed E-state index contributed by atoms with van der Waals surface area (Å²) in [6, 6.07) is 0. The van der Waals surface area contributed by atoms with Crippen molar-refractivity contribution in [2.75, 3.05) is 13.7 Å². The predicted molar refractivity (Wildman–Crippen MR) is 31.4 cm³/mol. The summed E-state index contributed by atoms with van der Waals surface area (Å²) in [6.45, 7) is 2.37. The molecule has 0 aromatic rings. The molecule has 1 N–H and O–H groups in total.